The van der Waals surface area contributed by atoms with Crippen molar-refractivity contribution < 1.29 is 4.74 Å². The zero-order valence-electron chi connectivity index (χ0n) is 13.2. The second-order valence-electron chi connectivity index (χ2n) is 5.63. The Kier molecular flexibility index (Phi) is 3.82. The van der Waals surface area contributed by atoms with Gasteiger partial charge in [0, 0.05) is 0 Å². The maximum absolute atomic E-state index is 5.96. The number of halogens is 1. The van der Waals surface area contributed by atoms with E-state index in [-0.39, 0.29) is 0 Å². The van der Waals surface area contributed by atoms with Crippen LogP contribution in [0.2, 0.25) is 5.15 Å². The van der Waals surface area contributed by atoms with E-state index in [4.69, 9.17) is 16.3 Å². The Balaban J connectivity index is 1.91. The predicted octanol–water partition coefficient (Wildman–Crippen LogP) is 5.22. The highest BCUT2D eigenvalue weighted by molar-refractivity contribution is 6.29. The van der Waals surface area contributed by atoms with Crippen molar-refractivity contribution >= 4 is 33.5 Å². The predicted molar refractivity (Wildman–Crippen MR) is 97.6 cm³/mol. The molecule has 1 N–H and O–H groups in total. The Morgan fingerprint density at radius 3 is 2.62 bits per heavy atom. The van der Waals surface area contributed by atoms with Crippen molar-refractivity contribution in [2.75, 3.05) is 6.61 Å². The Bertz CT molecular complexity index is 1030. The third-order valence-corrected chi connectivity index (χ3v) is 4.09. The molecule has 120 valence electrons. The molecule has 0 radical (unpaired) electrons. The van der Waals surface area contributed by atoms with Gasteiger partial charge in [-0.2, -0.15) is 0 Å². The Morgan fingerprint density at radius 1 is 1.04 bits per heavy atom. The van der Waals surface area contributed by atoms with E-state index in [2.05, 4.69) is 46.1 Å². The van der Waals surface area contributed by atoms with Gasteiger partial charge in [0.25, 0.3) is 0 Å². The van der Waals surface area contributed by atoms with Gasteiger partial charge >= 0.3 is 0 Å². The Hall–Kier alpha value is -2.59. The molecule has 0 aliphatic rings. The normalized spacial score (nSPS) is 11.2. The largest absolute Gasteiger partial charge is 0.493 e. The molecule has 0 saturated carbocycles. The Labute approximate surface area is 144 Å². The van der Waals surface area contributed by atoms with Crippen molar-refractivity contribution in [1.82, 2.24) is 15.0 Å². The molecular formula is C19H16ClN3O. The molecule has 0 fully saturated rings. The van der Waals surface area contributed by atoms with Gasteiger partial charge in [0.05, 0.1) is 17.7 Å². The molecule has 4 rings (SSSR count). The lowest BCUT2D eigenvalue weighted by molar-refractivity contribution is 0.319. The second kappa shape index (κ2) is 6.13. The van der Waals surface area contributed by atoms with Gasteiger partial charge in [0.2, 0.25) is 0 Å². The van der Waals surface area contributed by atoms with Crippen LogP contribution in [-0.4, -0.2) is 21.6 Å². The van der Waals surface area contributed by atoms with Crippen LogP contribution in [-0.2, 0) is 0 Å². The summed E-state index contributed by atoms with van der Waals surface area (Å²) in [6.07, 6.45) is 0.948. The van der Waals surface area contributed by atoms with Crippen LogP contribution in [0.5, 0.6) is 5.75 Å². The van der Waals surface area contributed by atoms with Gasteiger partial charge in [0.15, 0.2) is 5.65 Å². The average Bonchev–Trinajstić information content (AvgIpc) is 3.02. The van der Waals surface area contributed by atoms with Crippen LogP contribution in [0.25, 0.3) is 33.3 Å². The molecule has 0 aliphatic heterocycles. The summed E-state index contributed by atoms with van der Waals surface area (Å²) in [6.45, 7) is 2.75. The first-order chi connectivity index (χ1) is 11.7. The summed E-state index contributed by atoms with van der Waals surface area (Å²) in [5.41, 5.74) is 2.38. The highest BCUT2D eigenvalue weighted by Crippen LogP contribution is 2.34. The molecule has 24 heavy (non-hydrogen) atoms. The number of imidazole rings is 1. The van der Waals surface area contributed by atoms with Gasteiger partial charge < -0.3 is 9.72 Å². The average molecular weight is 338 g/mol. The fraction of sp³-hybridized carbons (Fsp3) is 0.158. The van der Waals surface area contributed by atoms with Crippen molar-refractivity contribution in [3.05, 3.63) is 53.7 Å². The van der Waals surface area contributed by atoms with E-state index in [0.29, 0.717) is 17.4 Å². The number of aromatic nitrogens is 3. The third-order valence-electron chi connectivity index (χ3n) is 3.88. The van der Waals surface area contributed by atoms with E-state index in [0.717, 1.165) is 39.8 Å². The quantitative estimate of drug-likeness (QED) is 0.519. The molecule has 0 spiro atoms. The maximum atomic E-state index is 5.96. The van der Waals surface area contributed by atoms with Crippen LogP contribution < -0.4 is 4.74 Å². The van der Waals surface area contributed by atoms with Gasteiger partial charge in [-0.15, -0.1) is 0 Å². The van der Waals surface area contributed by atoms with E-state index in [1.165, 1.54) is 0 Å². The summed E-state index contributed by atoms with van der Waals surface area (Å²) in [5.74, 6) is 1.55. The monoisotopic (exact) mass is 337 g/mol. The molecule has 4 nitrogen and oxygen atoms in total. The molecule has 4 aromatic rings. The second-order valence-corrected chi connectivity index (χ2v) is 6.02. The van der Waals surface area contributed by atoms with Crippen LogP contribution >= 0.6 is 11.6 Å². The van der Waals surface area contributed by atoms with Crippen LogP contribution in [0.1, 0.15) is 13.3 Å². The minimum Gasteiger partial charge on any atom is -0.493 e. The number of H-pyrrole nitrogens is 1. The zero-order valence-corrected chi connectivity index (χ0v) is 14.0. The lowest BCUT2D eigenvalue weighted by Crippen LogP contribution is -1.98. The first kappa shape index (κ1) is 15.0. The zero-order chi connectivity index (χ0) is 16.5. The van der Waals surface area contributed by atoms with Gasteiger partial charge in [0.1, 0.15) is 16.7 Å². The number of hydrogen-bond acceptors (Lipinski definition) is 3. The topological polar surface area (TPSA) is 50.8 Å². The van der Waals surface area contributed by atoms with Crippen LogP contribution in [0.15, 0.2) is 48.5 Å². The van der Waals surface area contributed by atoms with E-state index in [9.17, 15) is 0 Å². The van der Waals surface area contributed by atoms with E-state index < -0.39 is 0 Å². The minimum atomic E-state index is 0.432. The van der Waals surface area contributed by atoms with Crippen molar-refractivity contribution in [3.8, 4) is 17.1 Å². The van der Waals surface area contributed by atoms with Crippen molar-refractivity contribution in [2.24, 2.45) is 0 Å². The molecule has 0 bridgehead atoms. The summed E-state index contributed by atoms with van der Waals surface area (Å²) >= 11 is 5.96. The summed E-state index contributed by atoms with van der Waals surface area (Å²) in [6, 6.07) is 16.0. The van der Waals surface area contributed by atoms with Crippen molar-refractivity contribution in [1.29, 1.82) is 0 Å². The van der Waals surface area contributed by atoms with Gasteiger partial charge in [-0.3, -0.25) is 0 Å². The number of ether oxygens (including phenoxy) is 1. The number of benzene rings is 2. The molecule has 0 atom stereocenters. The molecule has 0 aliphatic carbocycles. The smallest absolute Gasteiger partial charge is 0.179 e. The SMILES string of the molecule is CCCOc1cc2ccccc2cc1-c1nc2nc(Cl)ccc2[nH]1. The standard InChI is InChI=1S/C19H16ClN3O/c1-2-9-24-16-11-13-6-4-3-5-12(13)10-14(16)18-21-15-7-8-17(20)22-19(15)23-18/h3-8,10-11H,2,9H2,1H3,(H,21,22,23). The molecule has 0 unspecified atom stereocenters. The van der Waals surface area contributed by atoms with Crippen molar-refractivity contribution in [2.45, 2.75) is 13.3 Å². The van der Waals surface area contributed by atoms with Crippen molar-refractivity contribution in [3.63, 3.8) is 0 Å². The maximum Gasteiger partial charge on any atom is 0.179 e. The fourth-order valence-electron chi connectivity index (χ4n) is 2.73. The first-order valence-corrected chi connectivity index (χ1v) is 8.30. The molecule has 2 aromatic heterocycles. The third kappa shape index (κ3) is 2.69. The number of hydrogen-bond donors (Lipinski definition) is 1. The summed E-state index contributed by atoms with van der Waals surface area (Å²) in [5, 5.41) is 2.72. The first-order valence-electron chi connectivity index (χ1n) is 7.93. The van der Waals surface area contributed by atoms with E-state index in [1.807, 2.05) is 18.2 Å². The van der Waals surface area contributed by atoms with Gasteiger partial charge in [-0.05, 0) is 41.5 Å². The van der Waals surface area contributed by atoms with Gasteiger partial charge in [-0.25, -0.2) is 9.97 Å². The molecule has 0 saturated heterocycles. The van der Waals surface area contributed by atoms with Gasteiger partial charge in [-0.1, -0.05) is 42.8 Å². The van der Waals surface area contributed by atoms with Crippen LogP contribution in [0.3, 0.4) is 0 Å². The summed E-state index contributed by atoms with van der Waals surface area (Å²) in [7, 11) is 0. The summed E-state index contributed by atoms with van der Waals surface area (Å²) < 4.78 is 5.96. The lowest BCUT2D eigenvalue weighted by atomic mass is 10.1. The number of nitrogens with one attached hydrogen (secondary N) is 1. The molecule has 2 heterocycles. The van der Waals surface area contributed by atoms with Crippen LogP contribution in [0, 0.1) is 0 Å². The number of fused-ring (bicyclic) bond motifs is 2. The van der Waals surface area contributed by atoms with E-state index >= 15 is 0 Å². The van der Waals surface area contributed by atoms with E-state index in [1.54, 1.807) is 6.07 Å². The minimum absolute atomic E-state index is 0.432. The molecule has 2 aromatic carbocycles. The van der Waals surface area contributed by atoms with Crippen LogP contribution in [0.4, 0.5) is 0 Å². The molecule has 5 heteroatoms. The number of nitrogens with zero attached hydrogens (tertiary/aromatic N) is 2. The highest BCUT2D eigenvalue weighted by Gasteiger charge is 2.13. The summed E-state index contributed by atoms with van der Waals surface area (Å²) in [4.78, 5) is 12.2. The highest BCUT2D eigenvalue weighted by atomic mass is 35.5. The molecular weight excluding hydrogens is 322 g/mol. The fourth-order valence-corrected chi connectivity index (χ4v) is 2.88. The number of aromatic amines is 1. The number of rotatable bonds is 4. The lowest BCUT2D eigenvalue weighted by Gasteiger charge is -2.11. The molecule has 0 amide bonds. The Morgan fingerprint density at radius 2 is 1.83 bits per heavy atom. The number of pyridine rings is 1.